The summed E-state index contributed by atoms with van der Waals surface area (Å²) in [5.41, 5.74) is 7.59. The lowest BCUT2D eigenvalue weighted by Crippen LogP contribution is -2.13. The fourth-order valence-electron chi connectivity index (χ4n) is 2.02. The highest BCUT2D eigenvalue weighted by molar-refractivity contribution is 6.00. The fraction of sp³-hybridized carbons (Fsp3) is 0.111. The standard InChI is InChI=1S/C18H16F2N2O3/c19-18(20)25-14-8-6-13(7-9-14)17(21)22-15(10-11-16(23)24)12-4-2-1-3-5-12/h1-10,18H,11H2,(H2,21,22)(H,23,24)/b15-10+. The molecule has 0 fully saturated rings. The average molecular weight is 346 g/mol. The number of alkyl halides is 2. The lowest BCUT2D eigenvalue weighted by Gasteiger charge is -2.07. The van der Waals surface area contributed by atoms with E-state index in [1.165, 1.54) is 30.3 Å². The Kier molecular flexibility index (Phi) is 6.22. The first-order chi connectivity index (χ1) is 12.0. The van der Waals surface area contributed by atoms with E-state index < -0.39 is 12.6 Å². The van der Waals surface area contributed by atoms with Crippen molar-refractivity contribution in [3.05, 3.63) is 71.8 Å². The number of nitrogens with two attached hydrogens (primary N) is 1. The molecule has 2 rings (SSSR count). The first-order valence-corrected chi connectivity index (χ1v) is 7.32. The van der Waals surface area contributed by atoms with Crippen LogP contribution in [0.25, 0.3) is 5.70 Å². The lowest BCUT2D eigenvalue weighted by molar-refractivity contribution is -0.136. The van der Waals surface area contributed by atoms with Crippen LogP contribution in [0.15, 0.2) is 65.7 Å². The summed E-state index contributed by atoms with van der Waals surface area (Å²) < 4.78 is 28.6. The van der Waals surface area contributed by atoms with Crippen LogP contribution in [0.1, 0.15) is 17.5 Å². The molecular formula is C18H16F2N2O3. The van der Waals surface area contributed by atoms with E-state index in [-0.39, 0.29) is 18.0 Å². The minimum atomic E-state index is -2.90. The van der Waals surface area contributed by atoms with Gasteiger partial charge in [-0.15, -0.1) is 0 Å². The molecule has 0 unspecified atom stereocenters. The van der Waals surface area contributed by atoms with Crippen molar-refractivity contribution in [2.75, 3.05) is 0 Å². The molecule has 0 amide bonds. The van der Waals surface area contributed by atoms with Crippen LogP contribution in [-0.4, -0.2) is 23.5 Å². The predicted molar refractivity (Wildman–Crippen MR) is 90.5 cm³/mol. The maximum atomic E-state index is 12.2. The third-order valence-electron chi connectivity index (χ3n) is 3.16. The molecule has 0 aliphatic carbocycles. The molecule has 2 aromatic carbocycles. The van der Waals surface area contributed by atoms with Crippen LogP contribution in [0, 0.1) is 0 Å². The SMILES string of the molecule is NC(=N/C(=C/CC(=O)O)c1ccccc1)c1ccc(OC(F)F)cc1. The van der Waals surface area contributed by atoms with Crippen LogP contribution in [-0.2, 0) is 4.79 Å². The molecule has 0 bridgehead atoms. The van der Waals surface area contributed by atoms with Crippen LogP contribution < -0.4 is 10.5 Å². The highest BCUT2D eigenvalue weighted by Gasteiger charge is 2.07. The summed E-state index contributed by atoms with van der Waals surface area (Å²) in [7, 11) is 0. The van der Waals surface area contributed by atoms with Crippen molar-refractivity contribution in [1.82, 2.24) is 0 Å². The number of carboxylic acid groups (broad SMARTS) is 1. The Labute approximate surface area is 143 Å². The third-order valence-corrected chi connectivity index (χ3v) is 3.16. The minimum absolute atomic E-state index is 0.0104. The van der Waals surface area contributed by atoms with Gasteiger partial charge in [0.1, 0.15) is 11.6 Å². The number of hydrogen-bond donors (Lipinski definition) is 2. The predicted octanol–water partition coefficient (Wildman–Crippen LogP) is 3.51. The number of benzene rings is 2. The average Bonchev–Trinajstić information content (AvgIpc) is 2.59. The number of carbonyl (C=O) groups is 1. The van der Waals surface area contributed by atoms with E-state index in [0.717, 1.165) is 0 Å². The summed E-state index contributed by atoms with van der Waals surface area (Å²) in [5.74, 6) is -0.851. The van der Waals surface area contributed by atoms with Gasteiger partial charge in [-0.3, -0.25) is 4.79 Å². The highest BCUT2D eigenvalue weighted by atomic mass is 19.3. The molecule has 0 saturated heterocycles. The Morgan fingerprint density at radius 1 is 1.12 bits per heavy atom. The first kappa shape index (κ1) is 18.1. The van der Waals surface area contributed by atoms with Gasteiger partial charge in [-0.2, -0.15) is 8.78 Å². The molecule has 130 valence electrons. The molecule has 25 heavy (non-hydrogen) atoms. The lowest BCUT2D eigenvalue weighted by atomic mass is 10.1. The number of nitrogens with zero attached hydrogens (tertiary/aromatic N) is 1. The molecular weight excluding hydrogens is 330 g/mol. The van der Waals surface area contributed by atoms with E-state index in [2.05, 4.69) is 9.73 Å². The van der Waals surface area contributed by atoms with Crippen LogP contribution in [0.4, 0.5) is 8.78 Å². The second-order valence-corrected chi connectivity index (χ2v) is 4.95. The molecule has 0 aliphatic rings. The molecule has 7 heteroatoms. The number of ether oxygens (including phenoxy) is 1. The number of hydrogen-bond acceptors (Lipinski definition) is 3. The molecule has 0 saturated carbocycles. The van der Waals surface area contributed by atoms with E-state index in [9.17, 15) is 13.6 Å². The second kappa shape index (κ2) is 8.58. The summed E-state index contributed by atoms with van der Waals surface area (Å²) in [4.78, 5) is 15.1. The van der Waals surface area contributed by atoms with Gasteiger partial charge in [0.15, 0.2) is 0 Å². The Hall–Kier alpha value is -3.22. The Morgan fingerprint density at radius 3 is 2.32 bits per heavy atom. The Bertz CT molecular complexity index is 773. The van der Waals surface area contributed by atoms with Gasteiger partial charge in [0.2, 0.25) is 0 Å². The zero-order valence-electron chi connectivity index (χ0n) is 13.1. The summed E-state index contributed by atoms with van der Waals surface area (Å²) in [6.45, 7) is -2.90. The van der Waals surface area contributed by atoms with E-state index in [0.29, 0.717) is 16.8 Å². The highest BCUT2D eigenvalue weighted by Crippen LogP contribution is 2.19. The third kappa shape index (κ3) is 5.72. The summed E-state index contributed by atoms with van der Waals surface area (Å²) in [6, 6.07) is 14.7. The van der Waals surface area contributed by atoms with Gasteiger partial charge < -0.3 is 15.6 Å². The van der Waals surface area contributed by atoms with Gasteiger partial charge in [-0.1, -0.05) is 30.3 Å². The maximum Gasteiger partial charge on any atom is 0.387 e. The molecule has 2 aromatic rings. The Morgan fingerprint density at radius 2 is 1.76 bits per heavy atom. The fourth-order valence-corrected chi connectivity index (χ4v) is 2.02. The molecule has 3 N–H and O–H groups in total. The zero-order chi connectivity index (χ0) is 18.2. The molecule has 0 aliphatic heterocycles. The van der Waals surface area contributed by atoms with Crippen molar-refractivity contribution in [1.29, 1.82) is 0 Å². The van der Waals surface area contributed by atoms with E-state index in [1.54, 1.807) is 24.3 Å². The smallest absolute Gasteiger partial charge is 0.387 e. The monoisotopic (exact) mass is 346 g/mol. The molecule has 0 heterocycles. The van der Waals surface area contributed by atoms with Crippen LogP contribution in [0.2, 0.25) is 0 Å². The number of halogens is 2. The number of carboxylic acids is 1. The molecule has 0 spiro atoms. The van der Waals surface area contributed by atoms with Crippen LogP contribution >= 0.6 is 0 Å². The summed E-state index contributed by atoms with van der Waals surface area (Å²) >= 11 is 0. The van der Waals surface area contributed by atoms with E-state index >= 15 is 0 Å². The molecule has 0 atom stereocenters. The van der Waals surface area contributed by atoms with Crippen molar-refractivity contribution in [2.24, 2.45) is 10.7 Å². The van der Waals surface area contributed by atoms with Crippen LogP contribution in [0.5, 0.6) is 5.75 Å². The van der Waals surface area contributed by atoms with Crippen LogP contribution in [0.3, 0.4) is 0 Å². The van der Waals surface area contributed by atoms with Gasteiger partial charge in [-0.05, 0) is 35.9 Å². The number of aliphatic imine (C=N–C) groups is 1. The van der Waals surface area contributed by atoms with Gasteiger partial charge in [0.25, 0.3) is 0 Å². The van der Waals surface area contributed by atoms with Gasteiger partial charge in [0.05, 0.1) is 12.1 Å². The topological polar surface area (TPSA) is 84.9 Å². The number of amidine groups is 1. The first-order valence-electron chi connectivity index (χ1n) is 7.32. The van der Waals surface area contributed by atoms with E-state index in [4.69, 9.17) is 10.8 Å². The van der Waals surface area contributed by atoms with Gasteiger partial charge in [0, 0.05) is 5.56 Å². The second-order valence-electron chi connectivity index (χ2n) is 4.95. The summed E-state index contributed by atoms with van der Waals surface area (Å²) in [5, 5.41) is 8.86. The Balaban J connectivity index is 2.28. The van der Waals surface area contributed by atoms with Crippen molar-refractivity contribution in [3.63, 3.8) is 0 Å². The van der Waals surface area contributed by atoms with Crippen molar-refractivity contribution in [2.45, 2.75) is 13.0 Å². The van der Waals surface area contributed by atoms with Crippen molar-refractivity contribution < 1.29 is 23.4 Å². The molecule has 5 nitrogen and oxygen atoms in total. The van der Waals surface area contributed by atoms with Crippen molar-refractivity contribution in [3.8, 4) is 5.75 Å². The summed E-state index contributed by atoms with van der Waals surface area (Å²) in [6.07, 6.45) is 1.25. The number of rotatable bonds is 7. The quantitative estimate of drug-likeness (QED) is 0.593. The normalized spacial score (nSPS) is 12.3. The zero-order valence-corrected chi connectivity index (χ0v) is 13.1. The molecule has 0 aromatic heterocycles. The largest absolute Gasteiger partial charge is 0.481 e. The molecule has 0 radical (unpaired) electrons. The van der Waals surface area contributed by atoms with E-state index in [1.807, 2.05) is 6.07 Å². The van der Waals surface area contributed by atoms with Crippen molar-refractivity contribution >= 4 is 17.5 Å². The number of aliphatic carboxylic acids is 1. The minimum Gasteiger partial charge on any atom is -0.481 e. The van der Waals surface area contributed by atoms with Gasteiger partial charge in [-0.25, -0.2) is 4.99 Å². The maximum absolute atomic E-state index is 12.2. The van der Waals surface area contributed by atoms with Gasteiger partial charge >= 0.3 is 12.6 Å².